The summed E-state index contributed by atoms with van der Waals surface area (Å²) in [6.07, 6.45) is 0. The van der Waals surface area contributed by atoms with Crippen LogP contribution in [0.2, 0.25) is 5.02 Å². The minimum Gasteiger partial charge on any atom is -0.367 e. The molecule has 2 heterocycles. The Morgan fingerprint density at radius 3 is 2.46 bits per heavy atom. The molecule has 0 unspecified atom stereocenters. The first-order valence-electron chi connectivity index (χ1n) is 8.64. The standard InChI is InChI=1S/C19H22ClN3O2S/c1-13(2)18(24)21-14-5-6-16(15(20)12-14)22-7-9-23(10-8-22)19(25)17-4-3-11-26-17/h3-6,11-13H,7-10H2,1-2H3,(H,21,24). The number of halogens is 1. The summed E-state index contributed by atoms with van der Waals surface area (Å²) in [5.41, 5.74) is 1.63. The Hall–Kier alpha value is -2.05. The molecule has 2 aromatic rings. The molecule has 7 heteroatoms. The number of nitrogens with one attached hydrogen (secondary N) is 1. The summed E-state index contributed by atoms with van der Waals surface area (Å²) >= 11 is 7.91. The van der Waals surface area contributed by atoms with Gasteiger partial charge in [0.2, 0.25) is 5.91 Å². The molecule has 5 nitrogen and oxygen atoms in total. The van der Waals surface area contributed by atoms with E-state index in [1.807, 2.05) is 48.4 Å². The Bertz CT molecular complexity index is 784. The number of benzene rings is 1. The second kappa shape index (κ2) is 8.10. The van der Waals surface area contributed by atoms with Crippen molar-refractivity contribution >= 4 is 46.1 Å². The van der Waals surface area contributed by atoms with Gasteiger partial charge in [-0.15, -0.1) is 11.3 Å². The molecular formula is C19H22ClN3O2S. The van der Waals surface area contributed by atoms with Gasteiger partial charge in [-0.1, -0.05) is 31.5 Å². The van der Waals surface area contributed by atoms with Crippen LogP contribution in [0.25, 0.3) is 0 Å². The fourth-order valence-corrected chi connectivity index (χ4v) is 3.83. The van der Waals surface area contributed by atoms with E-state index in [0.717, 1.165) is 23.7 Å². The number of anilines is 2. The average molecular weight is 392 g/mol. The number of thiophene rings is 1. The van der Waals surface area contributed by atoms with Crippen molar-refractivity contribution in [1.29, 1.82) is 0 Å². The first kappa shape index (κ1) is 18.7. The highest BCUT2D eigenvalue weighted by atomic mass is 35.5. The van der Waals surface area contributed by atoms with Crippen LogP contribution >= 0.6 is 22.9 Å². The lowest BCUT2D eigenvalue weighted by atomic mass is 10.2. The van der Waals surface area contributed by atoms with Gasteiger partial charge in [0.15, 0.2) is 0 Å². The monoisotopic (exact) mass is 391 g/mol. The third-order valence-corrected chi connectivity index (χ3v) is 5.54. The van der Waals surface area contributed by atoms with Crippen molar-refractivity contribution in [1.82, 2.24) is 4.90 Å². The third-order valence-electron chi connectivity index (χ3n) is 4.38. The lowest BCUT2D eigenvalue weighted by molar-refractivity contribution is -0.118. The second-order valence-electron chi connectivity index (χ2n) is 6.57. The van der Waals surface area contributed by atoms with Crippen LogP contribution in [0.1, 0.15) is 23.5 Å². The molecule has 138 valence electrons. The summed E-state index contributed by atoms with van der Waals surface area (Å²) in [5, 5.41) is 5.38. The van der Waals surface area contributed by atoms with E-state index in [9.17, 15) is 9.59 Å². The van der Waals surface area contributed by atoms with E-state index < -0.39 is 0 Å². The maximum Gasteiger partial charge on any atom is 0.264 e. The number of hydrogen-bond acceptors (Lipinski definition) is 4. The normalized spacial score (nSPS) is 14.6. The van der Waals surface area contributed by atoms with Crippen LogP contribution in [-0.2, 0) is 4.79 Å². The zero-order chi connectivity index (χ0) is 18.7. The number of carbonyl (C=O) groups is 2. The van der Waals surface area contributed by atoms with E-state index in [1.54, 1.807) is 6.07 Å². The highest BCUT2D eigenvalue weighted by Gasteiger charge is 2.24. The smallest absolute Gasteiger partial charge is 0.264 e. The lowest BCUT2D eigenvalue weighted by Gasteiger charge is -2.36. The molecule has 2 amide bonds. The quantitative estimate of drug-likeness (QED) is 0.858. The van der Waals surface area contributed by atoms with Gasteiger partial charge < -0.3 is 15.1 Å². The van der Waals surface area contributed by atoms with Crippen LogP contribution in [0.15, 0.2) is 35.7 Å². The summed E-state index contributed by atoms with van der Waals surface area (Å²) in [4.78, 5) is 29.1. The molecule has 0 saturated carbocycles. The van der Waals surface area contributed by atoms with Crippen LogP contribution in [-0.4, -0.2) is 42.9 Å². The zero-order valence-corrected chi connectivity index (χ0v) is 16.4. The average Bonchev–Trinajstić information content (AvgIpc) is 3.16. The Morgan fingerprint density at radius 2 is 1.88 bits per heavy atom. The summed E-state index contributed by atoms with van der Waals surface area (Å²) in [5.74, 6) is -0.0191. The predicted octanol–water partition coefficient (Wildman–Crippen LogP) is 3.96. The van der Waals surface area contributed by atoms with Gasteiger partial charge in [-0.3, -0.25) is 9.59 Å². The van der Waals surface area contributed by atoms with Crippen LogP contribution in [0.5, 0.6) is 0 Å². The summed E-state index contributed by atoms with van der Waals surface area (Å²) in [6, 6.07) is 9.33. The number of nitrogens with zero attached hydrogens (tertiary/aromatic N) is 2. The van der Waals surface area contributed by atoms with Crippen molar-refractivity contribution in [2.24, 2.45) is 5.92 Å². The molecule has 1 aliphatic rings. The second-order valence-corrected chi connectivity index (χ2v) is 7.92. The van der Waals surface area contributed by atoms with Crippen molar-refractivity contribution in [3.63, 3.8) is 0 Å². The Morgan fingerprint density at radius 1 is 1.15 bits per heavy atom. The van der Waals surface area contributed by atoms with Gasteiger partial charge in [-0.2, -0.15) is 0 Å². The first-order chi connectivity index (χ1) is 12.5. The zero-order valence-electron chi connectivity index (χ0n) is 14.9. The Kier molecular flexibility index (Phi) is 5.84. The van der Waals surface area contributed by atoms with Gasteiger partial charge in [0.25, 0.3) is 5.91 Å². The predicted molar refractivity (Wildman–Crippen MR) is 107 cm³/mol. The molecule has 1 aromatic heterocycles. The summed E-state index contributed by atoms with van der Waals surface area (Å²) in [7, 11) is 0. The minimum atomic E-state index is -0.0811. The molecule has 1 aromatic carbocycles. The van der Waals surface area contributed by atoms with E-state index in [2.05, 4.69) is 10.2 Å². The Balaban J connectivity index is 1.62. The number of piperazine rings is 1. The minimum absolute atomic E-state index is 0.0329. The van der Waals surface area contributed by atoms with E-state index >= 15 is 0 Å². The number of amides is 2. The molecule has 0 atom stereocenters. The van der Waals surface area contributed by atoms with Gasteiger partial charge in [0.05, 0.1) is 15.6 Å². The molecule has 1 saturated heterocycles. The van der Waals surface area contributed by atoms with Crippen LogP contribution in [0.4, 0.5) is 11.4 Å². The van der Waals surface area contributed by atoms with Crippen molar-refractivity contribution in [2.45, 2.75) is 13.8 Å². The topological polar surface area (TPSA) is 52.7 Å². The fraction of sp³-hybridized carbons (Fsp3) is 0.368. The summed E-state index contributed by atoms with van der Waals surface area (Å²) < 4.78 is 0. The molecule has 3 rings (SSSR count). The van der Waals surface area contributed by atoms with Crippen LogP contribution in [0, 0.1) is 5.92 Å². The fourth-order valence-electron chi connectivity index (χ4n) is 2.83. The molecular weight excluding hydrogens is 370 g/mol. The Labute approximate surface area is 162 Å². The SMILES string of the molecule is CC(C)C(=O)Nc1ccc(N2CCN(C(=O)c3cccs3)CC2)c(Cl)c1. The number of carbonyl (C=O) groups excluding carboxylic acids is 2. The first-order valence-corrected chi connectivity index (χ1v) is 9.89. The molecule has 0 radical (unpaired) electrons. The maximum absolute atomic E-state index is 12.4. The molecule has 1 fully saturated rings. The van der Waals surface area contributed by atoms with Crippen LogP contribution < -0.4 is 10.2 Å². The molecule has 1 N–H and O–H groups in total. The highest BCUT2D eigenvalue weighted by Crippen LogP contribution is 2.30. The number of rotatable bonds is 4. The molecule has 0 aliphatic carbocycles. The van der Waals surface area contributed by atoms with Gasteiger partial charge in [-0.25, -0.2) is 0 Å². The van der Waals surface area contributed by atoms with Gasteiger partial charge >= 0.3 is 0 Å². The van der Waals surface area contributed by atoms with Crippen molar-refractivity contribution < 1.29 is 9.59 Å². The van der Waals surface area contributed by atoms with Gasteiger partial charge in [-0.05, 0) is 29.6 Å². The van der Waals surface area contributed by atoms with E-state index in [1.165, 1.54) is 11.3 Å². The number of hydrogen-bond donors (Lipinski definition) is 1. The van der Waals surface area contributed by atoms with Crippen LogP contribution in [0.3, 0.4) is 0 Å². The summed E-state index contributed by atoms with van der Waals surface area (Å²) in [6.45, 7) is 6.49. The van der Waals surface area contributed by atoms with Crippen molar-refractivity contribution in [2.75, 3.05) is 36.4 Å². The van der Waals surface area contributed by atoms with E-state index in [0.29, 0.717) is 23.8 Å². The van der Waals surface area contributed by atoms with E-state index in [4.69, 9.17) is 11.6 Å². The highest BCUT2D eigenvalue weighted by molar-refractivity contribution is 7.12. The lowest BCUT2D eigenvalue weighted by Crippen LogP contribution is -2.48. The van der Waals surface area contributed by atoms with Gasteiger partial charge in [0, 0.05) is 37.8 Å². The van der Waals surface area contributed by atoms with E-state index in [-0.39, 0.29) is 17.7 Å². The largest absolute Gasteiger partial charge is 0.367 e. The molecule has 0 spiro atoms. The molecule has 26 heavy (non-hydrogen) atoms. The molecule has 0 bridgehead atoms. The van der Waals surface area contributed by atoms with Crippen molar-refractivity contribution in [3.05, 3.63) is 45.6 Å². The van der Waals surface area contributed by atoms with Crippen molar-refractivity contribution in [3.8, 4) is 0 Å². The molecule has 1 aliphatic heterocycles. The van der Waals surface area contributed by atoms with Gasteiger partial charge in [0.1, 0.15) is 0 Å². The maximum atomic E-state index is 12.4. The third kappa shape index (κ3) is 4.19.